The first kappa shape index (κ1) is 29.6. The molecular formula is C30H25FIN3O6S. The van der Waals surface area contributed by atoms with Crippen molar-refractivity contribution in [1.29, 1.82) is 0 Å². The lowest BCUT2D eigenvalue weighted by atomic mass is 10.00. The van der Waals surface area contributed by atoms with E-state index in [4.69, 9.17) is 9.47 Å². The number of benzene rings is 3. The fourth-order valence-corrected chi connectivity index (χ4v) is 6.18. The minimum atomic E-state index is -0.539. The second-order valence-corrected chi connectivity index (χ2v) is 11.6. The Balaban J connectivity index is 1.23. The van der Waals surface area contributed by atoms with Crippen LogP contribution in [-0.2, 0) is 27.3 Å². The lowest BCUT2D eigenvalue weighted by Gasteiger charge is -2.29. The summed E-state index contributed by atoms with van der Waals surface area (Å²) in [6.07, 6.45) is 2.28. The molecule has 1 fully saturated rings. The maximum absolute atomic E-state index is 13.1. The Hall–Kier alpha value is -3.91. The molecule has 3 aromatic carbocycles. The van der Waals surface area contributed by atoms with E-state index in [1.807, 2.05) is 46.9 Å². The van der Waals surface area contributed by atoms with Crippen molar-refractivity contribution in [1.82, 2.24) is 9.80 Å². The van der Waals surface area contributed by atoms with E-state index in [0.717, 1.165) is 28.6 Å². The molecule has 0 aromatic heterocycles. The number of carbonyl (C=O) groups is 4. The van der Waals surface area contributed by atoms with Gasteiger partial charge in [-0.1, -0.05) is 24.3 Å². The number of rotatable bonds is 8. The Morgan fingerprint density at radius 1 is 1.10 bits per heavy atom. The number of nitrogens with one attached hydrogen (secondary N) is 1. The molecule has 1 saturated heterocycles. The van der Waals surface area contributed by atoms with E-state index in [1.165, 1.54) is 36.9 Å². The molecule has 3 aromatic rings. The van der Waals surface area contributed by atoms with E-state index in [-0.39, 0.29) is 24.0 Å². The molecule has 2 heterocycles. The van der Waals surface area contributed by atoms with Gasteiger partial charge in [0, 0.05) is 18.8 Å². The zero-order valence-corrected chi connectivity index (χ0v) is 25.4. The van der Waals surface area contributed by atoms with Gasteiger partial charge < -0.3 is 19.7 Å². The van der Waals surface area contributed by atoms with Gasteiger partial charge >= 0.3 is 0 Å². The summed E-state index contributed by atoms with van der Waals surface area (Å²) in [6, 6.07) is 16.6. The average Bonchev–Trinajstić information content (AvgIpc) is 3.24. The number of carbonyl (C=O) groups excluding carboxylic acids is 4. The normalized spacial score (nSPS) is 15.5. The van der Waals surface area contributed by atoms with Crippen LogP contribution in [0.5, 0.6) is 11.5 Å². The van der Waals surface area contributed by atoms with Gasteiger partial charge in [0.2, 0.25) is 5.91 Å². The predicted octanol–water partition coefficient (Wildman–Crippen LogP) is 5.08. The Morgan fingerprint density at radius 2 is 1.83 bits per heavy atom. The van der Waals surface area contributed by atoms with Gasteiger partial charge in [0.15, 0.2) is 18.1 Å². The summed E-state index contributed by atoms with van der Waals surface area (Å²) in [5, 5.41) is 2.11. The third-order valence-corrected chi connectivity index (χ3v) is 8.38. The first-order valence-corrected chi connectivity index (χ1v) is 14.8. The number of fused-ring (bicyclic) bond motifs is 1. The smallest absolute Gasteiger partial charge is 0.294 e. The van der Waals surface area contributed by atoms with E-state index in [2.05, 4.69) is 5.32 Å². The summed E-state index contributed by atoms with van der Waals surface area (Å²) in [6.45, 7) is 0.334. The van der Waals surface area contributed by atoms with E-state index >= 15 is 0 Å². The van der Waals surface area contributed by atoms with Crippen LogP contribution >= 0.6 is 34.4 Å². The van der Waals surface area contributed by atoms with Crippen molar-refractivity contribution in [2.24, 2.45) is 0 Å². The summed E-state index contributed by atoms with van der Waals surface area (Å²) >= 11 is 2.79. The van der Waals surface area contributed by atoms with E-state index in [9.17, 15) is 23.6 Å². The number of amides is 4. The first-order valence-electron chi connectivity index (χ1n) is 12.9. The molecule has 0 aliphatic carbocycles. The van der Waals surface area contributed by atoms with Crippen molar-refractivity contribution in [3.8, 4) is 11.5 Å². The summed E-state index contributed by atoms with van der Waals surface area (Å²) in [7, 11) is 1.44. The van der Waals surface area contributed by atoms with Crippen LogP contribution in [0.2, 0.25) is 0 Å². The molecule has 0 spiro atoms. The van der Waals surface area contributed by atoms with E-state index in [1.54, 1.807) is 23.1 Å². The van der Waals surface area contributed by atoms with Gasteiger partial charge in [-0.15, -0.1) is 0 Å². The fraction of sp³-hybridized carbons (Fsp3) is 0.200. The second kappa shape index (κ2) is 12.9. The molecule has 0 unspecified atom stereocenters. The van der Waals surface area contributed by atoms with Gasteiger partial charge in [0.1, 0.15) is 12.4 Å². The number of ether oxygens (including phenoxy) is 2. The van der Waals surface area contributed by atoms with Crippen LogP contribution in [0.3, 0.4) is 0 Å². The molecule has 2 aliphatic rings. The lowest BCUT2D eigenvalue weighted by Crippen LogP contribution is -2.44. The summed E-state index contributed by atoms with van der Waals surface area (Å²) < 4.78 is 24.9. The summed E-state index contributed by atoms with van der Waals surface area (Å²) in [5.74, 6) is -1.03. The highest BCUT2D eigenvalue weighted by Gasteiger charge is 2.37. The SMILES string of the molecule is COc1cc(/C=C2\SC(=O)N(CC(=O)N3CCc4ccccc4C3)C2=O)cc(I)c1OCC(=O)Nc1ccc(F)cc1. The first-order chi connectivity index (χ1) is 20.2. The summed E-state index contributed by atoms with van der Waals surface area (Å²) in [5.41, 5.74) is 3.27. The Bertz CT molecular complexity index is 1600. The highest BCUT2D eigenvalue weighted by molar-refractivity contribution is 14.1. The minimum Gasteiger partial charge on any atom is -0.493 e. The molecule has 9 nitrogen and oxygen atoms in total. The van der Waals surface area contributed by atoms with Crippen LogP contribution in [0.15, 0.2) is 65.6 Å². The monoisotopic (exact) mass is 701 g/mol. The van der Waals surface area contributed by atoms with Crippen LogP contribution in [0.1, 0.15) is 16.7 Å². The maximum Gasteiger partial charge on any atom is 0.294 e. The molecular weight excluding hydrogens is 676 g/mol. The Kier molecular flexibility index (Phi) is 9.12. The highest BCUT2D eigenvalue weighted by atomic mass is 127. The van der Waals surface area contributed by atoms with Gasteiger partial charge in [0.05, 0.1) is 15.6 Å². The number of hydrogen-bond donors (Lipinski definition) is 1. The standard InChI is InChI=1S/C30H25FIN3O6S/c1-40-24-13-18(12-23(32)28(24)41-17-26(36)33-22-8-6-21(31)7-9-22)14-25-29(38)35(30(39)42-25)16-27(37)34-11-10-19-4-2-3-5-20(19)15-34/h2-9,12-14H,10-11,15-17H2,1H3,(H,33,36)/b25-14-. The third kappa shape index (κ3) is 6.76. The van der Waals surface area contributed by atoms with Crippen molar-refractivity contribution < 1.29 is 33.0 Å². The van der Waals surface area contributed by atoms with Gasteiger partial charge in [-0.05, 0) is 99.9 Å². The molecule has 0 bridgehead atoms. The van der Waals surface area contributed by atoms with Crippen LogP contribution in [0, 0.1) is 9.39 Å². The third-order valence-electron chi connectivity index (χ3n) is 6.68. The maximum atomic E-state index is 13.1. The van der Waals surface area contributed by atoms with Crippen molar-refractivity contribution in [3.63, 3.8) is 0 Å². The largest absolute Gasteiger partial charge is 0.493 e. The van der Waals surface area contributed by atoms with Crippen LogP contribution in [0.4, 0.5) is 14.9 Å². The summed E-state index contributed by atoms with van der Waals surface area (Å²) in [4.78, 5) is 53.9. The topological polar surface area (TPSA) is 105 Å². The highest BCUT2D eigenvalue weighted by Crippen LogP contribution is 2.37. The fourth-order valence-electron chi connectivity index (χ4n) is 4.56. The number of methoxy groups -OCH3 is 1. The molecule has 1 N–H and O–H groups in total. The van der Waals surface area contributed by atoms with E-state index < -0.39 is 22.9 Å². The second-order valence-electron chi connectivity index (χ2n) is 9.48. The van der Waals surface area contributed by atoms with Crippen molar-refractivity contribution in [2.45, 2.75) is 13.0 Å². The Morgan fingerprint density at radius 3 is 2.57 bits per heavy atom. The number of imide groups is 1. The van der Waals surface area contributed by atoms with Gasteiger partial charge in [-0.3, -0.25) is 24.1 Å². The quantitative estimate of drug-likeness (QED) is 0.258. The van der Waals surface area contributed by atoms with Crippen molar-refractivity contribution in [2.75, 3.05) is 32.1 Å². The average molecular weight is 702 g/mol. The molecule has 0 saturated carbocycles. The number of halogens is 2. The van der Waals surface area contributed by atoms with Gasteiger partial charge in [-0.2, -0.15) is 0 Å². The molecule has 12 heteroatoms. The van der Waals surface area contributed by atoms with Gasteiger partial charge in [0.25, 0.3) is 17.1 Å². The zero-order valence-electron chi connectivity index (χ0n) is 22.4. The minimum absolute atomic E-state index is 0.182. The number of nitrogens with zero attached hydrogens (tertiary/aromatic N) is 2. The van der Waals surface area contributed by atoms with Crippen molar-refractivity contribution in [3.05, 3.63) is 91.6 Å². The Labute approximate surface area is 259 Å². The molecule has 0 atom stereocenters. The predicted molar refractivity (Wildman–Crippen MR) is 164 cm³/mol. The molecule has 0 radical (unpaired) electrons. The van der Waals surface area contributed by atoms with Crippen molar-refractivity contribution >= 4 is 69.1 Å². The lowest BCUT2D eigenvalue weighted by molar-refractivity contribution is -0.136. The molecule has 2 aliphatic heterocycles. The molecule has 42 heavy (non-hydrogen) atoms. The van der Waals surface area contributed by atoms with Crippen LogP contribution in [-0.4, -0.2) is 59.6 Å². The van der Waals surface area contributed by atoms with E-state index in [0.29, 0.717) is 39.4 Å². The number of thioether (sulfide) groups is 1. The zero-order chi connectivity index (χ0) is 29.8. The molecule has 4 amide bonds. The van der Waals surface area contributed by atoms with Crippen LogP contribution in [0.25, 0.3) is 6.08 Å². The van der Waals surface area contributed by atoms with Crippen LogP contribution < -0.4 is 14.8 Å². The molecule has 216 valence electrons. The number of anilines is 1. The molecule has 5 rings (SSSR count). The number of hydrogen-bond acceptors (Lipinski definition) is 7. The van der Waals surface area contributed by atoms with Gasteiger partial charge in [-0.25, -0.2) is 4.39 Å².